The van der Waals surface area contributed by atoms with Crippen LogP contribution in [0.5, 0.6) is 5.75 Å². The topological polar surface area (TPSA) is 18.5 Å². The summed E-state index contributed by atoms with van der Waals surface area (Å²) < 4.78 is 10.8. The lowest BCUT2D eigenvalue weighted by molar-refractivity contribution is 0.105. The molecule has 0 aliphatic carbocycles. The lowest BCUT2D eigenvalue weighted by Gasteiger charge is -2.20. The SMILES string of the molecule is COc1ccc(CC(Br)C2CCOC2C)cc1. The lowest BCUT2D eigenvalue weighted by atomic mass is 9.94. The highest BCUT2D eigenvalue weighted by atomic mass is 79.9. The Morgan fingerprint density at radius 1 is 1.41 bits per heavy atom. The number of rotatable bonds is 4. The zero-order valence-corrected chi connectivity index (χ0v) is 11.9. The molecular formula is C14H19BrO2. The van der Waals surface area contributed by atoms with Crippen LogP contribution in [0.4, 0.5) is 0 Å². The minimum absolute atomic E-state index is 0.373. The van der Waals surface area contributed by atoms with E-state index in [4.69, 9.17) is 9.47 Å². The molecule has 17 heavy (non-hydrogen) atoms. The van der Waals surface area contributed by atoms with Gasteiger partial charge < -0.3 is 9.47 Å². The maximum absolute atomic E-state index is 5.61. The summed E-state index contributed by atoms with van der Waals surface area (Å²) in [4.78, 5) is 0.494. The molecule has 1 heterocycles. The summed E-state index contributed by atoms with van der Waals surface area (Å²) in [6.45, 7) is 3.07. The summed E-state index contributed by atoms with van der Waals surface area (Å²) in [5.74, 6) is 1.54. The molecule has 94 valence electrons. The predicted molar refractivity (Wildman–Crippen MR) is 72.9 cm³/mol. The average Bonchev–Trinajstić information content (AvgIpc) is 2.76. The zero-order valence-electron chi connectivity index (χ0n) is 10.4. The molecule has 2 rings (SSSR count). The lowest BCUT2D eigenvalue weighted by Crippen LogP contribution is -2.23. The Morgan fingerprint density at radius 2 is 2.12 bits per heavy atom. The Balaban J connectivity index is 1.95. The first-order valence-electron chi connectivity index (χ1n) is 6.09. The Kier molecular flexibility index (Phi) is 4.46. The largest absolute Gasteiger partial charge is 0.497 e. The van der Waals surface area contributed by atoms with Gasteiger partial charge in [-0.3, -0.25) is 0 Å². The minimum atomic E-state index is 0.373. The molecule has 1 fully saturated rings. The van der Waals surface area contributed by atoms with Gasteiger partial charge in [-0.2, -0.15) is 0 Å². The van der Waals surface area contributed by atoms with Crippen molar-refractivity contribution in [3.05, 3.63) is 29.8 Å². The molecular weight excluding hydrogens is 280 g/mol. The first-order valence-corrected chi connectivity index (χ1v) is 7.01. The highest BCUT2D eigenvalue weighted by molar-refractivity contribution is 9.09. The van der Waals surface area contributed by atoms with Crippen LogP contribution in [0.25, 0.3) is 0 Å². The Morgan fingerprint density at radius 3 is 2.65 bits per heavy atom. The summed E-state index contributed by atoms with van der Waals surface area (Å²) in [6.07, 6.45) is 2.58. The summed E-state index contributed by atoms with van der Waals surface area (Å²) in [5.41, 5.74) is 1.34. The van der Waals surface area contributed by atoms with E-state index in [9.17, 15) is 0 Å². The molecule has 1 aliphatic rings. The first kappa shape index (κ1) is 12.9. The molecule has 1 aromatic rings. The molecule has 0 aromatic heterocycles. The van der Waals surface area contributed by atoms with E-state index in [1.54, 1.807) is 7.11 Å². The van der Waals surface area contributed by atoms with Crippen LogP contribution in [0.3, 0.4) is 0 Å². The van der Waals surface area contributed by atoms with E-state index in [1.807, 2.05) is 12.1 Å². The summed E-state index contributed by atoms with van der Waals surface area (Å²) in [5, 5.41) is 0. The molecule has 0 spiro atoms. The number of halogens is 1. The monoisotopic (exact) mass is 298 g/mol. The Bertz CT molecular complexity index is 350. The van der Waals surface area contributed by atoms with Gasteiger partial charge in [0.2, 0.25) is 0 Å². The van der Waals surface area contributed by atoms with E-state index < -0.39 is 0 Å². The fraction of sp³-hybridized carbons (Fsp3) is 0.571. The molecule has 0 bridgehead atoms. The highest BCUT2D eigenvalue weighted by Crippen LogP contribution is 2.30. The van der Waals surface area contributed by atoms with E-state index in [2.05, 4.69) is 35.0 Å². The molecule has 3 heteroatoms. The van der Waals surface area contributed by atoms with Gasteiger partial charge in [-0.25, -0.2) is 0 Å². The molecule has 0 saturated carbocycles. The van der Waals surface area contributed by atoms with Crippen LogP contribution < -0.4 is 4.74 Å². The average molecular weight is 299 g/mol. The Hall–Kier alpha value is -0.540. The maximum Gasteiger partial charge on any atom is 0.118 e. The Labute approximate surface area is 111 Å². The van der Waals surface area contributed by atoms with Gasteiger partial charge in [0, 0.05) is 11.4 Å². The van der Waals surface area contributed by atoms with Crippen molar-refractivity contribution in [3.63, 3.8) is 0 Å². The van der Waals surface area contributed by atoms with Gasteiger partial charge in [-0.15, -0.1) is 0 Å². The van der Waals surface area contributed by atoms with Gasteiger partial charge in [-0.1, -0.05) is 28.1 Å². The van der Waals surface area contributed by atoms with Gasteiger partial charge in [0.25, 0.3) is 0 Å². The van der Waals surface area contributed by atoms with Crippen molar-refractivity contribution in [2.75, 3.05) is 13.7 Å². The smallest absolute Gasteiger partial charge is 0.118 e. The van der Waals surface area contributed by atoms with Gasteiger partial charge in [0.15, 0.2) is 0 Å². The van der Waals surface area contributed by atoms with E-state index >= 15 is 0 Å². The summed E-state index contributed by atoms with van der Waals surface area (Å²) >= 11 is 3.81. The number of ether oxygens (including phenoxy) is 2. The van der Waals surface area contributed by atoms with Crippen LogP contribution in [-0.4, -0.2) is 24.6 Å². The van der Waals surface area contributed by atoms with Crippen LogP contribution in [-0.2, 0) is 11.2 Å². The highest BCUT2D eigenvalue weighted by Gasteiger charge is 2.30. The third-order valence-corrected chi connectivity index (χ3v) is 4.49. The van der Waals surface area contributed by atoms with Crippen molar-refractivity contribution in [2.24, 2.45) is 5.92 Å². The fourth-order valence-corrected chi connectivity index (χ4v) is 3.43. The molecule has 1 saturated heterocycles. The number of hydrogen-bond donors (Lipinski definition) is 0. The molecule has 0 amide bonds. The van der Waals surface area contributed by atoms with Crippen LogP contribution in [0.2, 0.25) is 0 Å². The fourth-order valence-electron chi connectivity index (χ4n) is 2.36. The molecule has 0 radical (unpaired) electrons. The van der Waals surface area contributed by atoms with Crippen molar-refractivity contribution >= 4 is 15.9 Å². The molecule has 1 aromatic carbocycles. The van der Waals surface area contributed by atoms with Crippen molar-refractivity contribution in [1.29, 1.82) is 0 Å². The quantitative estimate of drug-likeness (QED) is 0.793. The van der Waals surface area contributed by atoms with Crippen molar-refractivity contribution in [2.45, 2.75) is 30.7 Å². The zero-order chi connectivity index (χ0) is 12.3. The second-order valence-electron chi connectivity index (χ2n) is 4.60. The van der Waals surface area contributed by atoms with Gasteiger partial charge >= 0.3 is 0 Å². The van der Waals surface area contributed by atoms with Crippen LogP contribution >= 0.6 is 15.9 Å². The van der Waals surface area contributed by atoms with Crippen LogP contribution in [0, 0.1) is 5.92 Å². The summed E-state index contributed by atoms with van der Waals surface area (Å²) in [6, 6.07) is 8.30. The standard InChI is InChI=1S/C14H19BrO2/c1-10-13(7-8-17-10)14(15)9-11-3-5-12(16-2)6-4-11/h3-6,10,13-14H,7-9H2,1-2H3. The van der Waals surface area contributed by atoms with E-state index in [0.717, 1.165) is 25.2 Å². The second kappa shape index (κ2) is 5.87. The maximum atomic E-state index is 5.61. The van der Waals surface area contributed by atoms with Gasteiger partial charge in [0.1, 0.15) is 5.75 Å². The first-order chi connectivity index (χ1) is 8.20. The minimum Gasteiger partial charge on any atom is -0.497 e. The van der Waals surface area contributed by atoms with Crippen LogP contribution in [0.15, 0.2) is 24.3 Å². The molecule has 3 atom stereocenters. The van der Waals surface area contributed by atoms with E-state index in [0.29, 0.717) is 16.8 Å². The number of hydrogen-bond acceptors (Lipinski definition) is 2. The third-order valence-electron chi connectivity index (χ3n) is 3.49. The predicted octanol–water partition coefficient (Wildman–Crippen LogP) is 3.43. The number of alkyl halides is 1. The third kappa shape index (κ3) is 3.23. The summed E-state index contributed by atoms with van der Waals surface area (Å²) in [7, 11) is 1.69. The van der Waals surface area contributed by atoms with Gasteiger partial charge in [-0.05, 0) is 43.4 Å². The van der Waals surface area contributed by atoms with E-state index in [1.165, 1.54) is 5.56 Å². The normalized spacial score (nSPS) is 25.8. The number of benzene rings is 1. The molecule has 1 aliphatic heterocycles. The van der Waals surface area contributed by atoms with Crippen molar-refractivity contribution in [1.82, 2.24) is 0 Å². The second-order valence-corrected chi connectivity index (χ2v) is 5.77. The van der Waals surface area contributed by atoms with Crippen LogP contribution in [0.1, 0.15) is 18.9 Å². The van der Waals surface area contributed by atoms with Gasteiger partial charge in [0.05, 0.1) is 13.2 Å². The molecule has 0 N–H and O–H groups in total. The van der Waals surface area contributed by atoms with E-state index in [-0.39, 0.29) is 0 Å². The number of methoxy groups -OCH3 is 1. The molecule has 2 nitrogen and oxygen atoms in total. The van der Waals surface area contributed by atoms with Crippen molar-refractivity contribution < 1.29 is 9.47 Å². The van der Waals surface area contributed by atoms with Crippen molar-refractivity contribution in [3.8, 4) is 5.75 Å². The molecule has 3 unspecified atom stereocenters.